The minimum absolute atomic E-state index is 0.0519. The molecular weight excluding hydrogens is 522 g/mol. The highest BCUT2D eigenvalue weighted by Crippen LogP contribution is 2.23. The van der Waals surface area contributed by atoms with Crippen LogP contribution in [0.1, 0.15) is 39.2 Å². The normalized spacial score (nSPS) is 18.9. The van der Waals surface area contributed by atoms with E-state index in [1.807, 2.05) is 45.0 Å². The van der Waals surface area contributed by atoms with Crippen molar-refractivity contribution in [1.82, 2.24) is 14.1 Å². The molecule has 34 heavy (non-hydrogen) atoms. The van der Waals surface area contributed by atoms with Gasteiger partial charge in [-0.15, -0.1) is 0 Å². The van der Waals surface area contributed by atoms with Crippen LogP contribution < -0.4 is 0 Å². The lowest BCUT2D eigenvalue weighted by Gasteiger charge is -2.38. The number of ether oxygens (including phenoxy) is 1. The summed E-state index contributed by atoms with van der Waals surface area (Å²) < 4.78 is 33.3. The number of piperazine rings is 1. The van der Waals surface area contributed by atoms with Crippen molar-refractivity contribution in [3.05, 3.63) is 40.4 Å². The summed E-state index contributed by atoms with van der Waals surface area (Å²) in [5.41, 5.74) is 0.391. The van der Waals surface area contributed by atoms with Gasteiger partial charge in [-0.2, -0.15) is 0 Å². The van der Waals surface area contributed by atoms with Crippen molar-refractivity contribution < 1.29 is 22.7 Å². The summed E-state index contributed by atoms with van der Waals surface area (Å²) >= 11 is 3.38. The number of nitrogens with zero attached hydrogens (tertiary/aromatic N) is 3. The van der Waals surface area contributed by atoms with Crippen LogP contribution in [0.3, 0.4) is 0 Å². The van der Waals surface area contributed by atoms with Crippen LogP contribution in [0.15, 0.2) is 34.8 Å². The minimum Gasteiger partial charge on any atom is -0.444 e. The molecule has 2 aliphatic rings. The fourth-order valence-electron chi connectivity index (χ4n) is 4.06. The molecule has 2 heterocycles. The molecular formula is C24H34BrN3O5S. The van der Waals surface area contributed by atoms with Crippen molar-refractivity contribution >= 4 is 44.0 Å². The molecule has 2 aliphatic heterocycles. The average Bonchev–Trinajstić information content (AvgIpc) is 2.79. The van der Waals surface area contributed by atoms with E-state index in [9.17, 15) is 18.0 Å². The van der Waals surface area contributed by atoms with Crippen molar-refractivity contribution in [2.45, 2.75) is 39.2 Å². The maximum Gasteiger partial charge on any atom is 0.410 e. The van der Waals surface area contributed by atoms with Crippen LogP contribution in [0.25, 0.3) is 6.08 Å². The summed E-state index contributed by atoms with van der Waals surface area (Å²) in [5, 5.41) is 0. The van der Waals surface area contributed by atoms with E-state index in [1.165, 1.54) is 4.31 Å². The predicted molar refractivity (Wildman–Crippen MR) is 136 cm³/mol. The summed E-state index contributed by atoms with van der Waals surface area (Å²) in [6.45, 7) is 8.01. The number of sulfonamides is 1. The number of benzene rings is 1. The monoisotopic (exact) mass is 555 g/mol. The smallest absolute Gasteiger partial charge is 0.410 e. The van der Waals surface area contributed by atoms with E-state index in [0.717, 1.165) is 10.0 Å². The molecule has 0 spiro atoms. The fraction of sp³-hybridized carbons (Fsp3) is 0.583. The Labute approximate surface area is 211 Å². The van der Waals surface area contributed by atoms with Crippen LogP contribution in [-0.4, -0.2) is 85.1 Å². The number of carbonyl (C=O) groups excluding carboxylic acids is 2. The SMILES string of the molecule is CC(C)(C)OC(=O)N1CCN(C(=O)C2CCN(S(=O)(=O)CC=Cc3ccc(Br)cc3)CC2)CC1. The van der Waals surface area contributed by atoms with Gasteiger partial charge in [-0.3, -0.25) is 4.79 Å². The number of hydrogen-bond acceptors (Lipinski definition) is 5. The maximum atomic E-state index is 13.0. The van der Waals surface area contributed by atoms with Gasteiger partial charge in [-0.25, -0.2) is 17.5 Å². The lowest BCUT2D eigenvalue weighted by atomic mass is 9.96. The molecule has 3 rings (SSSR count). The molecule has 0 N–H and O–H groups in total. The molecule has 0 unspecified atom stereocenters. The Hall–Kier alpha value is -1.91. The Morgan fingerprint density at radius 1 is 1.00 bits per heavy atom. The van der Waals surface area contributed by atoms with Crippen molar-refractivity contribution in [3.63, 3.8) is 0 Å². The molecule has 0 bridgehead atoms. The average molecular weight is 557 g/mol. The van der Waals surface area contributed by atoms with Crippen molar-refractivity contribution in [1.29, 1.82) is 0 Å². The zero-order valence-corrected chi connectivity index (χ0v) is 22.5. The summed E-state index contributed by atoms with van der Waals surface area (Å²) in [6, 6.07) is 7.65. The van der Waals surface area contributed by atoms with Gasteiger partial charge in [0, 0.05) is 49.7 Å². The Morgan fingerprint density at radius 3 is 2.12 bits per heavy atom. The predicted octanol–water partition coefficient (Wildman–Crippen LogP) is 3.58. The number of carbonyl (C=O) groups is 2. The lowest BCUT2D eigenvalue weighted by molar-refractivity contribution is -0.138. The molecule has 2 saturated heterocycles. The first-order valence-electron chi connectivity index (χ1n) is 11.6. The van der Waals surface area contributed by atoms with E-state index in [2.05, 4.69) is 15.9 Å². The number of rotatable bonds is 5. The highest BCUT2D eigenvalue weighted by molar-refractivity contribution is 9.10. The van der Waals surface area contributed by atoms with E-state index in [1.54, 1.807) is 22.0 Å². The third-order valence-corrected chi connectivity index (χ3v) is 8.22. The number of piperidine rings is 1. The van der Waals surface area contributed by atoms with Gasteiger partial charge in [0.25, 0.3) is 0 Å². The molecule has 1 aromatic rings. The van der Waals surface area contributed by atoms with Crippen LogP contribution in [0.5, 0.6) is 0 Å². The van der Waals surface area contributed by atoms with Gasteiger partial charge >= 0.3 is 6.09 Å². The second-order valence-corrected chi connectivity index (χ2v) is 12.6. The minimum atomic E-state index is -3.41. The molecule has 8 nitrogen and oxygen atoms in total. The molecule has 188 valence electrons. The van der Waals surface area contributed by atoms with Gasteiger partial charge in [0.05, 0.1) is 5.75 Å². The quantitative estimate of drug-likeness (QED) is 0.554. The Bertz CT molecular complexity index is 988. The maximum absolute atomic E-state index is 13.0. The van der Waals surface area contributed by atoms with Crippen LogP contribution in [-0.2, 0) is 19.6 Å². The zero-order valence-electron chi connectivity index (χ0n) is 20.1. The van der Waals surface area contributed by atoms with Gasteiger partial charge < -0.3 is 14.5 Å². The third kappa shape index (κ3) is 7.55. The molecule has 10 heteroatoms. The van der Waals surface area contributed by atoms with Crippen molar-refractivity contribution in [3.8, 4) is 0 Å². The van der Waals surface area contributed by atoms with Gasteiger partial charge in [0.2, 0.25) is 15.9 Å². The first-order chi connectivity index (χ1) is 15.9. The Balaban J connectivity index is 1.44. The molecule has 0 aliphatic carbocycles. The Morgan fingerprint density at radius 2 is 1.56 bits per heavy atom. The van der Waals surface area contributed by atoms with Crippen LogP contribution in [0.4, 0.5) is 4.79 Å². The molecule has 0 saturated carbocycles. The largest absolute Gasteiger partial charge is 0.444 e. The number of hydrogen-bond donors (Lipinski definition) is 0. The van der Waals surface area contributed by atoms with E-state index in [-0.39, 0.29) is 23.7 Å². The summed E-state index contributed by atoms with van der Waals surface area (Å²) in [5.74, 6) is -0.192. The van der Waals surface area contributed by atoms with E-state index >= 15 is 0 Å². The van der Waals surface area contributed by atoms with E-state index in [0.29, 0.717) is 52.1 Å². The molecule has 2 amide bonds. The lowest BCUT2D eigenvalue weighted by Crippen LogP contribution is -2.53. The van der Waals surface area contributed by atoms with Gasteiger partial charge in [-0.05, 0) is 51.3 Å². The molecule has 0 radical (unpaired) electrons. The number of halogens is 1. The third-order valence-electron chi connectivity index (χ3n) is 5.93. The fourth-order valence-corrected chi connectivity index (χ4v) is 5.64. The number of amides is 2. The first-order valence-corrected chi connectivity index (χ1v) is 14.0. The topological polar surface area (TPSA) is 87.2 Å². The van der Waals surface area contributed by atoms with Crippen LogP contribution in [0.2, 0.25) is 0 Å². The van der Waals surface area contributed by atoms with Crippen LogP contribution >= 0.6 is 15.9 Å². The highest BCUT2D eigenvalue weighted by Gasteiger charge is 2.34. The summed E-state index contributed by atoms with van der Waals surface area (Å²) in [7, 11) is -3.41. The van der Waals surface area contributed by atoms with Crippen molar-refractivity contribution in [2.24, 2.45) is 5.92 Å². The second kappa shape index (κ2) is 11.2. The second-order valence-electron chi connectivity index (χ2n) is 9.70. The van der Waals surface area contributed by atoms with E-state index < -0.39 is 15.6 Å². The summed E-state index contributed by atoms with van der Waals surface area (Å²) in [4.78, 5) is 28.6. The van der Waals surface area contributed by atoms with Gasteiger partial charge in [0.1, 0.15) is 5.60 Å². The van der Waals surface area contributed by atoms with Gasteiger partial charge in [0.15, 0.2) is 0 Å². The first kappa shape index (κ1) is 26.7. The Kier molecular flexibility index (Phi) is 8.81. The van der Waals surface area contributed by atoms with Gasteiger partial charge in [-0.1, -0.05) is 40.2 Å². The molecule has 0 aromatic heterocycles. The molecule has 0 atom stereocenters. The van der Waals surface area contributed by atoms with Crippen LogP contribution in [0, 0.1) is 5.92 Å². The van der Waals surface area contributed by atoms with E-state index in [4.69, 9.17) is 4.74 Å². The van der Waals surface area contributed by atoms with Crippen molar-refractivity contribution in [2.75, 3.05) is 45.0 Å². The highest BCUT2D eigenvalue weighted by atomic mass is 79.9. The zero-order chi connectivity index (χ0) is 24.9. The standard InChI is InChI=1S/C24H34BrN3O5S/c1-24(2,3)33-23(30)27-16-14-26(15-17-27)22(29)20-10-12-28(13-11-20)34(31,32)18-4-5-19-6-8-21(25)9-7-19/h4-9,20H,10-18H2,1-3H3. The molecule has 1 aromatic carbocycles. The summed E-state index contributed by atoms with van der Waals surface area (Å²) in [6.07, 6.45) is 4.14. The molecule has 2 fully saturated rings.